The third kappa shape index (κ3) is 3.86. The number of thioether (sulfide) groups is 1. The van der Waals surface area contributed by atoms with Crippen molar-refractivity contribution in [2.45, 2.75) is 24.0 Å². The molecule has 0 amide bonds. The summed E-state index contributed by atoms with van der Waals surface area (Å²) in [5.41, 5.74) is 1.66. The van der Waals surface area contributed by atoms with Crippen LogP contribution >= 0.6 is 11.8 Å². The molecule has 0 aliphatic heterocycles. The van der Waals surface area contributed by atoms with Crippen molar-refractivity contribution in [2.24, 2.45) is 4.99 Å². The van der Waals surface area contributed by atoms with E-state index >= 15 is 0 Å². The first-order chi connectivity index (χ1) is 9.16. The Hall–Kier alpha value is -1.74. The summed E-state index contributed by atoms with van der Waals surface area (Å²) in [6.07, 6.45) is 1.70. The van der Waals surface area contributed by atoms with Gasteiger partial charge in [0.1, 0.15) is 5.75 Å². The van der Waals surface area contributed by atoms with E-state index in [4.69, 9.17) is 0 Å². The fraction of sp³-hybridized carbons (Fsp3) is 0.188. The summed E-state index contributed by atoms with van der Waals surface area (Å²) >= 11 is 1.79. The van der Waals surface area contributed by atoms with Gasteiger partial charge < -0.3 is 5.11 Å². The molecule has 3 heteroatoms. The molecule has 0 radical (unpaired) electrons. The van der Waals surface area contributed by atoms with Crippen LogP contribution in [0.3, 0.4) is 0 Å². The molecule has 0 fully saturated rings. The molecule has 0 aliphatic rings. The molecule has 0 aromatic heterocycles. The average Bonchev–Trinajstić information content (AvgIpc) is 2.39. The molecule has 0 aliphatic carbocycles. The number of benzene rings is 2. The average molecular weight is 271 g/mol. The summed E-state index contributed by atoms with van der Waals surface area (Å²) in [4.78, 5) is 5.64. The van der Waals surface area contributed by atoms with Gasteiger partial charge >= 0.3 is 0 Å². The highest BCUT2D eigenvalue weighted by molar-refractivity contribution is 8.00. The number of para-hydroxylation sites is 2. The summed E-state index contributed by atoms with van der Waals surface area (Å²) in [5, 5.41) is 10.2. The molecule has 2 aromatic carbocycles. The first-order valence-electron chi connectivity index (χ1n) is 6.24. The van der Waals surface area contributed by atoms with Crippen molar-refractivity contribution in [1.29, 1.82) is 0 Å². The van der Waals surface area contributed by atoms with Crippen LogP contribution in [0.25, 0.3) is 0 Å². The van der Waals surface area contributed by atoms with E-state index in [2.05, 4.69) is 24.9 Å². The maximum absolute atomic E-state index is 9.71. The van der Waals surface area contributed by atoms with Crippen molar-refractivity contribution in [3.63, 3.8) is 0 Å². The molecular formula is C16H17NOS. The fourth-order valence-electron chi connectivity index (χ4n) is 1.65. The minimum absolute atomic E-state index is 0.250. The number of hydrogen-bond donors (Lipinski definition) is 1. The van der Waals surface area contributed by atoms with Crippen LogP contribution in [0, 0.1) is 0 Å². The Balaban J connectivity index is 2.26. The molecule has 0 spiro atoms. The maximum atomic E-state index is 9.71. The quantitative estimate of drug-likeness (QED) is 0.649. The van der Waals surface area contributed by atoms with Crippen molar-refractivity contribution in [2.75, 3.05) is 0 Å². The van der Waals surface area contributed by atoms with E-state index in [-0.39, 0.29) is 5.75 Å². The van der Waals surface area contributed by atoms with Gasteiger partial charge in [0.05, 0.1) is 5.69 Å². The van der Waals surface area contributed by atoms with Crippen molar-refractivity contribution in [3.8, 4) is 5.75 Å². The van der Waals surface area contributed by atoms with E-state index in [0.717, 1.165) is 16.1 Å². The van der Waals surface area contributed by atoms with Crippen LogP contribution in [0.4, 0.5) is 5.69 Å². The van der Waals surface area contributed by atoms with E-state index in [1.807, 2.05) is 30.3 Å². The largest absolute Gasteiger partial charge is 0.507 e. The van der Waals surface area contributed by atoms with Gasteiger partial charge in [0.25, 0.3) is 0 Å². The van der Waals surface area contributed by atoms with Crippen molar-refractivity contribution < 1.29 is 5.11 Å². The topological polar surface area (TPSA) is 32.6 Å². The molecule has 0 saturated heterocycles. The van der Waals surface area contributed by atoms with Crippen LogP contribution in [0.2, 0.25) is 0 Å². The molecule has 1 N–H and O–H groups in total. The first-order valence-corrected chi connectivity index (χ1v) is 7.12. The summed E-state index contributed by atoms with van der Waals surface area (Å²) < 4.78 is 0. The predicted octanol–water partition coefficient (Wildman–Crippen LogP) is 4.64. The maximum Gasteiger partial charge on any atom is 0.124 e. The number of aliphatic imine (C=N–C) groups is 1. The molecular weight excluding hydrogens is 254 g/mol. The molecule has 2 nitrogen and oxygen atoms in total. The zero-order chi connectivity index (χ0) is 13.7. The lowest BCUT2D eigenvalue weighted by Gasteiger charge is -2.07. The predicted molar refractivity (Wildman–Crippen MR) is 82.8 cm³/mol. The Bertz CT molecular complexity index is 578. The highest BCUT2D eigenvalue weighted by Gasteiger charge is 2.03. The molecule has 98 valence electrons. The highest BCUT2D eigenvalue weighted by atomic mass is 32.2. The summed E-state index contributed by atoms with van der Waals surface area (Å²) in [7, 11) is 0. The van der Waals surface area contributed by atoms with Crippen LogP contribution in [-0.4, -0.2) is 16.6 Å². The van der Waals surface area contributed by atoms with Gasteiger partial charge in [0, 0.05) is 21.9 Å². The molecule has 2 rings (SSSR count). The number of phenols is 1. The van der Waals surface area contributed by atoms with Crippen LogP contribution in [0.5, 0.6) is 5.75 Å². The third-order valence-electron chi connectivity index (χ3n) is 2.51. The van der Waals surface area contributed by atoms with Gasteiger partial charge in [0.15, 0.2) is 0 Å². The standard InChI is InChI=1S/C16H17NOS/c1-12(2)19-16-10-6-4-8-14(16)17-11-13-7-3-5-9-15(13)18/h3-12,18H,1-2H3. The smallest absolute Gasteiger partial charge is 0.124 e. The number of rotatable bonds is 4. The summed E-state index contributed by atoms with van der Waals surface area (Å²) in [6, 6.07) is 15.2. The van der Waals surface area contributed by atoms with Crippen LogP contribution in [0.1, 0.15) is 19.4 Å². The minimum atomic E-state index is 0.250. The van der Waals surface area contributed by atoms with Gasteiger partial charge in [-0.3, -0.25) is 4.99 Å². The Labute approximate surface area is 118 Å². The number of hydrogen-bond acceptors (Lipinski definition) is 3. The summed E-state index contributed by atoms with van der Waals surface area (Å²) in [6.45, 7) is 4.32. The molecule has 0 saturated carbocycles. The fourth-order valence-corrected chi connectivity index (χ4v) is 2.56. The van der Waals surface area contributed by atoms with E-state index < -0.39 is 0 Å². The highest BCUT2D eigenvalue weighted by Crippen LogP contribution is 2.32. The van der Waals surface area contributed by atoms with E-state index in [0.29, 0.717) is 5.25 Å². The lowest BCUT2D eigenvalue weighted by atomic mass is 10.2. The van der Waals surface area contributed by atoms with E-state index in [1.165, 1.54) is 0 Å². The molecule has 0 heterocycles. The van der Waals surface area contributed by atoms with Crippen LogP contribution in [-0.2, 0) is 0 Å². The Kier molecular flexibility index (Phi) is 4.63. The molecule has 2 aromatic rings. The zero-order valence-corrected chi connectivity index (χ0v) is 11.9. The van der Waals surface area contributed by atoms with E-state index in [9.17, 15) is 5.11 Å². The van der Waals surface area contributed by atoms with Gasteiger partial charge in [-0.25, -0.2) is 0 Å². The normalized spacial score (nSPS) is 11.3. The Morgan fingerprint density at radius 1 is 1.05 bits per heavy atom. The lowest BCUT2D eigenvalue weighted by molar-refractivity contribution is 0.474. The second kappa shape index (κ2) is 6.43. The van der Waals surface area contributed by atoms with Crippen molar-refractivity contribution >= 4 is 23.7 Å². The van der Waals surface area contributed by atoms with Gasteiger partial charge in [-0.1, -0.05) is 38.1 Å². The lowest BCUT2D eigenvalue weighted by Crippen LogP contribution is -1.86. The van der Waals surface area contributed by atoms with Gasteiger partial charge in [-0.2, -0.15) is 0 Å². The number of aromatic hydroxyl groups is 1. The minimum Gasteiger partial charge on any atom is -0.507 e. The molecule has 0 unspecified atom stereocenters. The number of nitrogens with zero attached hydrogens (tertiary/aromatic N) is 1. The van der Waals surface area contributed by atoms with Crippen molar-refractivity contribution in [3.05, 3.63) is 54.1 Å². The first kappa shape index (κ1) is 13.7. The van der Waals surface area contributed by atoms with E-state index in [1.54, 1.807) is 30.1 Å². The third-order valence-corrected chi connectivity index (χ3v) is 3.58. The van der Waals surface area contributed by atoms with Crippen LogP contribution in [0.15, 0.2) is 58.4 Å². The molecule has 19 heavy (non-hydrogen) atoms. The van der Waals surface area contributed by atoms with Crippen LogP contribution < -0.4 is 0 Å². The number of phenolic OH excluding ortho intramolecular Hbond substituents is 1. The zero-order valence-electron chi connectivity index (χ0n) is 11.1. The SMILES string of the molecule is CC(C)Sc1ccccc1N=Cc1ccccc1O. The van der Waals surface area contributed by atoms with Crippen molar-refractivity contribution in [1.82, 2.24) is 0 Å². The summed E-state index contributed by atoms with van der Waals surface area (Å²) in [5.74, 6) is 0.250. The Morgan fingerprint density at radius 2 is 1.74 bits per heavy atom. The monoisotopic (exact) mass is 271 g/mol. The van der Waals surface area contributed by atoms with Gasteiger partial charge in [0.2, 0.25) is 0 Å². The second-order valence-electron chi connectivity index (χ2n) is 4.45. The van der Waals surface area contributed by atoms with Gasteiger partial charge in [-0.05, 0) is 24.3 Å². The van der Waals surface area contributed by atoms with Gasteiger partial charge in [-0.15, -0.1) is 11.8 Å². The second-order valence-corrected chi connectivity index (χ2v) is 6.07. The molecule has 0 bridgehead atoms. The Morgan fingerprint density at radius 3 is 2.47 bits per heavy atom. The molecule has 0 atom stereocenters.